The van der Waals surface area contributed by atoms with Gasteiger partial charge >= 0.3 is 6.03 Å². The van der Waals surface area contributed by atoms with Crippen LogP contribution in [0.4, 0.5) is 10.5 Å². The lowest BCUT2D eigenvalue weighted by atomic mass is 10.1. The van der Waals surface area contributed by atoms with Crippen molar-refractivity contribution < 1.29 is 18.0 Å². The third-order valence-corrected chi connectivity index (χ3v) is 4.56. The Hall–Kier alpha value is -1.93. The Labute approximate surface area is 124 Å². The molecule has 0 aliphatic carbocycles. The van der Waals surface area contributed by atoms with Crippen LogP contribution in [0.2, 0.25) is 0 Å². The summed E-state index contributed by atoms with van der Waals surface area (Å²) in [6, 6.07) is 5.98. The van der Waals surface area contributed by atoms with Crippen LogP contribution in [0.3, 0.4) is 0 Å². The number of Topliss-reactive ketones (excluding diaryl/α,β-unsaturated/α-hetero) is 1. The molecule has 116 valence electrons. The first-order valence-corrected chi connectivity index (χ1v) is 7.89. The second-order valence-corrected chi connectivity index (χ2v) is 6.92. The van der Waals surface area contributed by atoms with E-state index < -0.39 is 16.1 Å². The minimum Gasteiger partial charge on any atom is -0.337 e. The number of urea groups is 1. The molecule has 21 heavy (non-hydrogen) atoms. The Morgan fingerprint density at radius 2 is 1.90 bits per heavy atom. The number of carbonyl (C=O) groups is 2. The van der Waals surface area contributed by atoms with Gasteiger partial charge in [0.15, 0.2) is 5.78 Å². The lowest BCUT2D eigenvalue weighted by Crippen LogP contribution is -2.36. The number of carbonyl (C=O) groups excluding carboxylic acids is 2. The van der Waals surface area contributed by atoms with Gasteiger partial charge < -0.3 is 10.6 Å². The van der Waals surface area contributed by atoms with Gasteiger partial charge in [-0.2, -0.15) is 0 Å². The van der Waals surface area contributed by atoms with Crippen molar-refractivity contribution in [3.63, 3.8) is 0 Å². The minimum atomic E-state index is -3.34. The number of nitrogens with zero attached hydrogens (tertiary/aromatic N) is 1. The maximum Gasteiger partial charge on any atom is 0.319 e. The standard InChI is InChI=1S/C13H19N3O4S/c1-10(17)11-5-4-6-12(9-11)15-13(18)14-7-8-21(19,20)16(2)3/h4-6,9H,7-8H2,1-3H3,(H2,14,15,18). The minimum absolute atomic E-state index is 0.00124. The Bertz CT molecular complexity index is 626. The van der Waals surface area contributed by atoms with Gasteiger partial charge in [-0.3, -0.25) is 4.79 Å². The van der Waals surface area contributed by atoms with Crippen LogP contribution in [-0.4, -0.2) is 50.9 Å². The average molecular weight is 313 g/mol. The van der Waals surface area contributed by atoms with Gasteiger partial charge in [-0.15, -0.1) is 0 Å². The van der Waals surface area contributed by atoms with Crippen molar-refractivity contribution in [3.05, 3.63) is 29.8 Å². The van der Waals surface area contributed by atoms with E-state index in [1.807, 2.05) is 0 Å². The summed E-state index contributed by atoms with van der Waals surface area (Å²) in [6.07, 6.45) is 0. The molecule has 0 saturated heterocycles. The van der Waals surface area contributed by atoms with Crippen LogP contribution in [0.25, 0.3) is 0 Å². The summed E-state index contributed by atoms with van der Waals surface area (Å²) in [4.78, 5) is 22.9. The number of rotatable bonds is 6. The fourth-order valence-corrected chi connectivity index (χ4v) is 2.19. The third-order valence-electron chi connectivity index (χ3n) is 2.73. The van der Waals surface area contributed by atoms with Crippen molar-refractivity contribution in [3.8, 4) is 0 Å². The van der Waals surface area contributed by atoms with Crippen LogP contribution in [0.1, 0.15) is 17.3 Å². The molecule has 1 aromatic rings. The topological polar surface area (TPSA) is 95.6 Å². The van der Waals surface area contributed by atoms with E-state index in [-0.39, 0.29) is 18.1 Å². The Balaban J connectivity index is 2.51. The Kier molecular flexibility index (Phi) is 5.86. The van der Waals surface area contributed by atoms with E-state index in [0.717, 1.165) is 4.31 Å². The smallest absolute Gasteiger partial charge is 0.319 e. The zero-order valence-corrected chi connectivity index (χ0v) is 13.0. The van der Waals surface area contributed by atoms with Gasteiger partial charge in [0.25, 0.3) is 0 Å². The number of hydrogen-bond acceptors (Lipinski definition) is 4. The second-order valence-electron chi connectivity index (χ2n) is 4.62. The molecule has 0 radical (unpaired) electrons. The van der Waals surface area contributed by atoms with Crippen LogP contribution in [-0.2, 0) is 10.0 Å². The molecule has 2 N–H and O–H groups in total. The highest BCUT2D eigenvalue weighted by Gasteiger charge is 2.13. The normalized spacial score (nSPS) is 11.2. The van der Waals surface area contributed by atoms with Gasteiger partial charge in [0.2, 0.25) is 10.0 Å². The van der Waals surface area contributed by atoms with Crippen LogP contribution in [0.5, 0.6) is 0 Å². The molecule has 0 saturated carbocycles. The zero-order valence-electron chi connectivity index (χ0n) is 12.2. The monoisotopic (exact) mass is 313 g/mol. The first-order chi connectivity index (χ1) is 9.72. The van der Waals surface area contributed by atoms with Crippen LogP contribution < -0.4 is 10.6 Å². The van der Waals surface area contributed by atoms with Crippen molar-refractivity contribution in [2.45, 2.75) is 6.92 Å². The molecular weight excluding hydrogens is 294 g/mol. The maximum absolute atomic E-state index is 11.6. The molecule has 0 spiro atoms. The highest BCUT2D eigenvalue weighted by molar-refractivity contribution is 7.89. The molecule has 0 aromatic heterocycles. The Morgan fingerprint density at radius 3 is 2.48 bits per heavy atom. The molecule has 0 heterocycles. The number of amides is 2. The highest BCUT2D eigenvalue weighted by atomic mass is 32.2. The molecule has 7 nitrogen and oxygen atoms in total. The van der Waals surface area contributed by atoms with Crippen LogP contribution in [0, 0.1) is 0 Å². The summed E-state index contributed by atoms with van der Waals surface area (Å²) in [6.45, 7) is 1.43. The summed E-state index contributed by atoms with van der Waals surface area (Å²) >= 11 is 0. The van der Waals surface area contributed by atoms with Gasteiger partial charge in [-0.25, -0.2) is 17.5 Å². The summed E-state index contributed by atoms with van der Waals surface area (Å²) in [5, 5.41) is 4.99. The lowest BCUT2D eigenvalue weighted by molar-refractivity contribution is 0.101. The lowest BCUT2D eigenvalue weighted by Gasteiger charge is -2.12. The largest absolute Gasteiger partial charge is 0.337 e. The molecule has 1 rings (SSSR count). The van der Waals surface area contributed by atoms with E-state index in [9.17, 15) is 18.0 Å². The van der Waals surface area contributed by atoms with Crippen molar-refractivity contribution in [2.75, 3.05) is 31.7 Å². The van der Waals surface area contributed by atoms with Gasteiger partial charge in [-0.05, 0) is 19.1 Å². The fourth-order valence-electron chi connectivity index (χ4n) is 1.47. The molecule has 8 heteroatoms. The molecule has 0 aliphatic rings. The van der Waals surface area contributed by atoms with Crippen LogP contribution >= 0.6 is 0 Å². The predicted octanol–water partition coefficient (Wildman–Crippen LogP) is 0.902. The number of sulfonamides is 1. The van der Waals surface area contributed by atoms with Crippen LogP contribution in [0.15, 0.2) is 24.3 Å². The quantitative estimate of drug-likeness (QED) is 0.763. The number of hydrogen-bond donors (Lipinski definition) is 2. The highest BCUT2D eigenvalue weighted by Crippen LogP contribution is 2.10. The average Bonchev–Trinajstić information content (AvgIpc) is 2.38. The molecule has 0 fully saturated rings. The van der Waals surface area contributed by atoms with E-state index in [1.54, 1.807) is 24.3 Å². The first-order valence-electron chi connectivity index (χ1n) is 6.28. The molecule has 1 aromatic carbocycles. The van der Waals surface area contributed by atoms with Crippen molar-refractivity contribution >= 4 is 27.5 Å². The molecular formula is C13H19N3O4S. The van der Waals surface area contributed by atoms with E-state index >= 15 is 0 Å². The van der Waals surface area contributed by atoms with Gasteiger partial charge in [0, 0.05) is 31.9 Å². The van der Waals surface area contributed by atoms with E-state index in [4.69, 9.17) is 0 Å². The fraction of sp³-hybridized carbons (Fsp3) is 0.385. The van der Waals surface area contributed by atoms with E-state index in [0.29, 0.717) is 11.3 Å². The molecule has 2 amide bonds. The second kappa shape index (κ2) is 7.19. The molecule has 0 unspecified atom stereocenters. The van der Waals surface area contributed by atoms with Gasteiger partial charge in [0.1, 0.15) is 0 Å². The summed E-state index contributed by atoms with van der Waals surface area (Å²) in [7, 11) is -0.472. The summed E-state index contributed by atoms with van der Waals surface area (Å²) in [5.74, 6) is -0.280. The number of benzene rings is 1. The summed E-state index contributed by atoms with van der Waals surface area (Å²) in [5.41, 5.74) is 0.957. The number of ketones is 1. The molecule has 0 aliphatic heterocycles. The van der Waals surface area contributed by atoms with Crippen molar-refractivity contribution in [2.24, 2.45) is 0 Å². The van der Waals surface area contributed by atoms with Crippen molar-refractivity contribution in [1.82, 2.24) is 9.62 Å². The predicted molar refractivity (Wildman–Crippen MR) is 80.9 cm³/mol. The number of nitrogens with one attached hydrogen (secondary N) is 2. The van der Waals surface area contributed by atoms with E-state index in [2.05, 4.69) is 10.6 Å². The SMILES string of the molecule is CC(=O)c1cccc(NC(=O)NCCS(=O)(=O)N(C)C)c1. The first kappa shape index (κ1) is 17.1. The number of anilines is 1. The zero-order chi connectivity index (χ0) is 16.0. The van der Waals surface area contributed by atoms with Crippen molar-refractivity contribution in [1.29, 1.82) is 0 Å². The van der Waals surface area contributed by atoms with Gasteiger partial charge in [0.05, 0.1) is 5.75 Å². The third kappa shape index (κ3) is 5.52. The molecule has 0 atom stereocenters. The van der Waals surface area contributed by atoms with Gasteiger partial charge in [-0.1, -0.05) is 12.1 Å². The summed E-state index contributed by atoms with van der Waals surface area (Å²) < 4.78 is 24.1. The van der Waals surface area contributed by atoms with E-state index in [1.165, 1.54) is 21.0 Å². The molecule has 0 bridgehead atoms. The maximum atomic E-state index is 11.6. The Morgan fingerprint density at radius 1 is 1.24 bits per heavy atom.